The van der Waals surface area contributed by atoms with E-state index in [0.29, 0.717) is 22.6 Å². The van der Waals surface area contributed by atoms with Crippen LogP contribution in [0.2, 0.25) is 5.15 Å². The van der Waals surface area contributed by atoms with Crippen molar-refractivity contribution in [1.82, 2.24) is 9.97 Å². The summed E-state index contributed by atoms with van der Waals surface area (Å²) in [4.78, 5) is 8.06. The summed E-state index contributed by atoms with van der Waals surface area (Å²) in [5.41, 5.74) is 0.0188. The van der Waals surface area contributed by atoms with Gasteiger partial charge >= 0.3 is 0 Å². The Labute approximate surface area is 100 Å². The molecule has 4 nitrogen and oxygen atoms in total. The predicted molar refractivity (Wildman–Crippen MR) is 64.0 cm³/mol. The van der Waals surface area contributed by atoms with E-state index in [2.05, 4.69) is 29.1 Å². The van der Waals surface area contributed by atoms with Crippen molar-refractivity contribution in [2.45, 2.75) is 32.2 Å². The van der Waals surface area contributed by atoms with Crippen molar-refractivity contribution < 1.29 is 4.74 Å². The summed E-state index contributed by atoms with van der Waals surface area (Å²) in [5, 5.41) is 3.72. The lowest BCUT2D eigenvalue weighted by molar-refractivity contribution is 0.408. The number of hydrogen-bond acceptors (Lipinski definition) is 4. The minimum absolute atomic E-state index is 0.0188. The molecular formula is C11H16ClN3O. The molecule has 1 saturated carbocycles. The van der Waals surface area contributed by atoms with Gasteiger partial charge in [-0.15, -0.1) is 0 Å². The van der Waals surface area contributed by atoms with Crippen LogP contribution in [0.3, 0.4) is 0 Å². The van der Waals surface area contributed by atoms with Crippen LogP contribution in [0.5, 0.6) is 5.75 Å². The van der Waals surface area contributed by atoms with Gasteiger partial charge in [0.1, 0.15) is 6.33 Å². The van der Waals surface area contributed by atoms with Crippen LogP contribution in [0, 0.1) is 5.92 Å². The van der Waals surface area contributed by atoms with Crippen LogP contribution in [-0.2, 0) is 0 Å². The highest BCUT2D eigenvalue weighted by molar-refractivity contribution is 6.31. The lowest BCUT2D eigenvalue weighted by Gasteiger charge is -2.27. The number of halogens is 1. The smallest absolute Gasteiger partial charge is 0.198 e. The summed E-state index contributed by atoms with van der Waals surface area (Å²) in [6.45, 7) is 4.33. The molecule has 0 saturated heterocycles. The Kier molecular flexibility index (Phi) is 2.93. The molecule has 16 heavy (non-hydrogen) atoms. The molecule has 0 radical (unpaired) electrons. The Hall–Kier alpha value is -1.03. The highest BCUT2D eigenvalue weighted by Gasteiger charge is 2.38. The van der Waals surface area contributed by atoms with Gasteiger partial charge in [-0.3, -0.25) is 0 Å². The molecular weight excluding hydrogens is 226 g/mol. The lowest BCUT2D eigenvalue weighted by atomic mass is 9.99. The van der Waals surface area contributed by atoms with Crippen molar-refractivity contribution in [1.29, 1.82) is 0 Å². The normalized spacial score (nSPS) is 16.0. The maximum Gasteiger partial charge on any atom is 0.198 e. The molecule has 0 aromatic carbocycles. The van der Waals surface area contributed by atoms with Crippen LogP contribution >= 0.6 is 11.6 Å². The second-order valence-electron chi connectivity index (χ2n) is 4.67. The molecule has 1 fully saturated rings. The summed E-state index contributed by atoms with van der Waals surface area (Å²) < 4.78 is 5.20. The molecule has 0 amide bonds. The van der Waals surface area contributed by atoms with E-state index in [4.69, 9.17) is 16.3 Å². The second kappa shape index (κ2) is 4.09. The summed E-state index contributed by atoms with van der Waals surface area (Å²) >= 11 is 5.94. The topological polar surface area (TPSA) is 47.0 Å². The number of ether oxygens (including phenoxy) is 1. The molecule has 1 aromatic heterocycles. The Bertz CT molecular complexity index is 391. The maximum atomic E-state index is 5.94. The van der Waals surface area contributed by atoms with Crippen LogP contribution in [0.25, 0.3) is 0 Å². The molecule has 1 N–H and O–H groups in total. The zero-order chi connectivity index (χ0) is 11.8. The molecule has 0 aliphatic heterocycles. The third-order valence-corrected chi connectivity index (χ3v) is 3.27. The fourth-order valence-electron chi connectivity index (χ4n) is 1.83. The maximum absolute atomic E-state index is 5.94. The molecule has 88 valence electrons. The van der Waals surface area contributed by atoms with Crippen molar-refractivity contribution in [2.24, 2.45) is 5.92 Å². The monoisotopic (exact) mass is 241 g/mol. The molecule has 0 unspecified atom stereocenters. The van der Waals surface area contributed by atoms with Crippen LogP contribution < -0.4 is 10.1 Å². The average molecular weight is 242 g/mol. The van der Waals surface area contributed by atoms with E-state index >= 15 is 0 Å². The van der Waals surface area contributed by atoms with Gasteiger partial charge in [-0.25, -0.2) is 9.97 Å². The molecule has 0 atom stereocenters. The van der Waals surface area contributed by atoms with Crippen molar-refractivity contribution in [3.63, 3.8) is 0 Å². The van der Waals surface area contributed by atoms with E-state index in [1.54, 1.807) is 7.11 Å². The predicted octanol–water partition coefficient (Wildman–Crippen LogP) is 2.74. The van der Waals surface area contributed by atoms with E-state index in [-0.39, 0.29) is 5.54 Å². The number of nitrogens with zero attached hydrogens (tertiary/aromatic N) is 2. The third-order valence-electron chi connectivity index (χ3n) is 3.00. The third kappa shape index (κ3) is 2.21. The van der Waals surface area contributed by atoms with E-state index in [9.17, 15) is 0 Å². The second-order valence-corrected chi connectivity index (χ2v) is 5.03. The quantitative estimate of drug-likeness (QED) is 0.824. The number of anilines is 1. The van der Waals surface area contributed by atoms with Gasteiger partial charge < -0.3 is 10.1 Å². The zero-order valence-corrected chi connectivity index (χ0v) is 10.5. The Morgan fingerprint density at radius 2 is 2.12 bits per heavy atom. The Morgan fingerprint density at radius 1 is 1.44 bits per heavy atom. The first-order chi connectivity index (χ1) is 7.54. The van der Waals surface area contributed by atoms with Crippen molar-refractivity contribution >= 4 is 17.4 Å². The number of methoxy groups -OCH3 is 1. The number of aromatic nitrogens is 2. The minimum atomic E-state index is 0.0188. The van der Waals surface area contributed by atoms with Gasteiger partial charge in [0.15, 0.2) is 16.7 Å². The largest absolute Gasteiger partial charge is 0.490 e. The Balaban J connectivity index is 2.23. The fraction of sp³-hybridized carbons (Fsp3) is 0.636. The first-order valence-electron chi connectivity index (χ1n) is 5.37. The molecule has 1 aliphatic rings. The molecule has 1 aromatic rings. The van der Waals surface area contributed by atoms with E-state index in [1.807, 2.05) is 0 Å². The van der Waals surface area contributed by atoms with Gasteiger partial charge in [-0.1, -0.05) is 11.6 Å². The minimum Gasteiger partial charge on any atom is -0.490 e. The van der Waals surface area contributed by atoms with Crippen LogP contribution in [-0.4, -0.2) is 22.6 Å². The molecule has 0 bridgehead atoms. The van der Waals surface area contributed by atoms with Gasteiger partial charge in [0.25, 0.3) is 0 Å². The molecule has 2 rings (SSSR count). The van der Waals surface area contributed by atoms with Crippen molar-refractivity contribution in [2.75, 3.05) is 12.4 Å². The van der Waals surface area contributed by atoms with E-state index in [0.717, 1.165) is 0 Å². The number of nitrogens with one attached hydrogen (secondary N) is 1. The first kappa shape index (κ1) is 11.5. The number of rotatable bonds is 4. The molecule has 0 spiro atoms. The van der Waals surface area contributed by atoms with Crippen LogP contribution in [0.4, 0.5) is 5.82 Å². The van der Waals surface area contributed by atoms with Gasteiger partial charge in [0.2, 0.25) is 0 Å². The highest BCUT2D eigenvalue weighted by atomic mass is 35.5. The van der Waals surface area contributed by atoms with Gasteiger partial charge in [-0.05, 0) is 32.6 Å². The summed E-state index contributed by atoms with van der Waals surface area (Å²) in [5.74, 6) is 1.88. The van der Waals surface area contributed by atoms with Gasteiger partial charge in [0, 0.05) is 5.54 Å². The van der Waals surface area contributed by atoms with Crippen LogP contribution in [0.15, 0.2) is 6.33 Å². The van der Waals surface area contributed by atoms with Gasteiger partial charge in [0.05, 0.1) is 7.11 Å². The average Bonchev–Trinajstić information content (AvgIpc) is 3.00. The molecule has 1 aliphatic carbocycles. The summed E-state index contributed by atoms with van der Waals surface area (Å²) in [6.07, 6.45) is 3.97. The van der Waals surface area contributed by atoms with Crippen molar-refractivity contribution in [3.05, 3.63) is 11.5 Å². The summed E-state index contributed by atoms with van der Waals surface area (Å²) in [6, 6.07) is 0. The zero-order valence-electron chi connectivity index (χ0n) is 9.75. The molecule has 5 heteroatoms. The molecule has 1 heterocycles. The van der Waals surface area contributed by atoms with E-state index in [1.165, 1.54) is 19.2 Å². The van der Waals surface area contributed by atoms with Crippen LogP contribution in [0.1, 0.15) is 26.7 Å². The SMILES string of the molecule is COc1c(Cl)ncnc1NC(C)(C)C1CC1. The van der Waals surface area contributed by atoms with E-state index < -0.39 is 0 Å². The fourth-order valence-corrected chi connectivity index (χ4v) is 2.04. The Morgan fingerprint density at radius 3 is 2.69 bits per heavy atom. The standard InChI is InChI=1S/C11H16ClN3O/c1-11(2,7-4-5-7)15-10-8(16-3)9(12)13-6-14-10/h6-7H,4-5H2,1-3H3,(H,13,14,15). The lowest BCUT2D eigenvalue weighted by Crippen LogP contribution is -2.33. The van der Waals surface area contributed by atoms with Crippen molar-refractivity contribution in [3.8, 4) is 5.75 Å². The van der Waals surface area contributed by atoms with Gasteiger partial charge in [-0.2, -0.15) is 0 Å². The highest BCUT2D eigenvalue weighted by Crippen LogP contribution is 2.42. The first-order valence-corrected chi connectivity index (χ1v) is 5.75. The summed E-state index contributed by atoms with van der Waals surface area (Å²) in [7, 11) is 1.57. The number of hydrogen-bond donors (Lipinski definition) is 1.